The summed E-state index contributed by atoms with van der Waals surface area (Å²) in [7, 11) is 0. The van der Waals surface area contributed by atoms with E-state index >= 15 is 0 Å². The maximum atomic E-state index is 10.2. The summed E-state index contributed by atoms with van der Waals surface area (Å²) in [5.41, 5.74) is 11.0. The van der Waals surface area contributed by atoms with Crippen LogP contribution < -0.4 is 11.5 Å². The molecule has 0 radical (unpaired) electrons. The fraction of sp³-hybridized carbons (Fsp3) is 0.200. The molecule has 0 amide bonds. The number of carbonyl (C=O) groups is 1. The molecule has 1 rings (SSSR count). The average Bonchev–Trinajstić information content (AvgIpc) is 2.18. The Hall–Kier alpha value is -1.72. The van der Waals surface area contributed by atoms with Crippen LogP contribution in [0.5, 0.6) is 0 Å². The molecule has 1 aromatic rings. The lowest BCUT2D eigenvalue weighted by Gasteiger charge is -1.93. The molecule has 0 unspecified atom stereocenters. The third-order valence-corrected chi connectivity index (χ3v) is 1.26. The van der Waals surface area contributed by atoms with Gasteiger partial charge in [0.2, 0.25) is 0 Å². The fourth-order valence-electron chi connectivity index (χ4n) is 0.730. The summed E-state index contributed by atoms with van der Waals surface area (Å²) in [5, 5.41) is 14.3. The highest BCUT2D eigenvalue weighted by molar-refractivity contribution is 5.74. The fourth-order valence-corrected chi connectivity index (χ4v) is 0.730. The number of anilines is 2. The van der Waals surface area contributed by atoms with Gasteiger partial charge >= 0.3 is 5.97 Å². The third kappa shape index (κ3) is 1.40. The third-order valence-electron chi connectivity index (χ3n) is 1.26. The van der Waals surface area contributed by atoms with E-state index in [1.165, 1.54) is 0 Å². The summed E-state index contributed by atoms with van der Waals surface area (Å²) in [6.45, 7) is 0. The smallest absolute Gasteiger partial charge is 0.308 e. The van der Waals surface area contributed by atoms with Crippen LogP contribution >= 0.6 is 0 Å². The molecule has 0 aliphatic heterocycles. The first-order valence-electron chi connectivity index (χ1n) is 2.91. The van der Waals surface area contributed by atoms with E-state index in [1.54, 1.807) is 0 Å². The molecule has 0 spiro atoms. The van der Waals surface area contributed by atoms with Crippen molar-refractivity contribution in [1.82, 2.24) is 10.2 Å². The molecule has 1 aromatic heterocycles. The normalized spacial score (nSPS) is 9.82. The van der Waals surface area contributed by atoms with Crippen LogP contribution in [-0.2, 0) is 11.2 Å². The molecule has 0 fully saturated rings. The van der Waals surface area contributed by atoms with Crippen LogP contribution in [0, 0.1) is 0 Å². The monoisotopic (exact) mass is 156 g/mol. The predicted molar refractivity (Wildman–Crippen MR) is 38.8 cm³/mol. The molecular formula is C5H8N4O2. The number of nitrogens with one attached hydrogen (secondary N) is 1. The van der Waals surface area contributed by atoms with Crippen molar-refractivity contribution < 1.29 is 9.90 Å². The van der Waals surface area contributed by atoms with Crippen molar-refractivity contribution in [3.63, 3.8) is 0 Å². The highest BCUT2D eigenvalue weighted by Crippen LogP contribution is 2.15. The second kappa shape index (κ2) is 2.49. The molecule has 6 N–H and O–H groups in total. The number of aromatic amines is 1. The van der Waals surface area contributed by atoms with E-state index in [9.17, 15) is 4.79 Å². The molecule has 0 atom stereocenters. The van der Waals surface area contributed by atoms with Crippen molar-refractivity contribution in [3.05, 3.63) is 5.56 Å². The average molecular weight is 156 g/mol. The van der Waals surface area contributed by atoms with Gasteiger partial charge in [-0.1, -0.05) is 0 Å². The Morgan fingerprint density at radius 2 is 2.27 bits per heavy atom. The molecule has 0 aromatic carbocycles. The van der Waals surface area contributed by atoms with Gasteiger partial charge in [-0.15, -0.1) is 0 Å². The van der Waals surface area contributed by atoms with E-state index < -0.39 is 5.97 Å². The van der Waals surface area contributed by atoms with Crippen molar-refractivity contribution in [2.45, 2.75) is 6.42 Å². The van der Waals surface area contributed by atoms with E-state index in [2.05, 4.69) is 10.2 Å². The van der Waals surface area contributed by atoms with E-state index in [4.69, 9.17) is 16.6 Å². The molecule has 1 heterocycles. The van der Waals surface area contributed by atoms with Crippen LogP contribution in [0.3, 0.4) is 0 Å². The van der Waals surface area contributed by atoms with Crippen LogP contribution in [0.1, 0.15) is 5.56 Å². The minimum atomic E-state index is -0.982. The van der Waals surface area contributed by atoms with Crippen molar-refractivity contribution in [1.29, 1.82) is 0 Å². The van der Waals surface area contributed by atoms with Crippen molar-refractivity contribution in [2.75, 3.05) is 11.5 Å². The van der Waals surface area contributed by atoms with E-state index in [-0.39, 0.29) is 18.1 Å². The molecule has 11 heavy (non-hydrogen) atoms. The van der Waals surface area contributed by atoms with E-state index in [0.717, 1.165) is 0 Å². The van der Waals surface area contributed by atoms with Gasteiger partial charge in [-0.05, 0) is 0 Å². The molecule has 0 aliphatic carbocycles. The molecule has 6 heteroatoms. The Balaban J connectivity index is 2.92. The predicted octanol–water partition coefficient (Wildman–Crippen LogP) is -0.799. The first-order valence-corrected chi connectivity index (χ1v) is 2.91. The molecule has 6 nitrogen and oxygen atoms in total. The Morgan fingerprint density at radius 1 is 1.64 bits per heavy atom. The Kier molecular flexibility index (Phi) is 1.67. The minimum absolute atomic E-state index is 0.143. The summed E-state index contributed by atoms with van der Waals surface area (Å²) in [5.74, 6) is -0.625. The number of nitrogen functional groups attached to an aromatic ring is 2. The minimum Gasteiger partial charge on any atom is -0.481 e. The van der Waals surface area contributed by atoms with Gasteiger partial charge in [0.25, 0.3) is 0 Å². The zero-order valence-corrected chi connectivity index (χ0v) is 5.66. The van der Waals surface area contributed by atoms with Crippen LogP contribution in [0.25, 0.3) is 0 Å². The molecule has 0 saturated heterocycles. The number of carboxylic acids is 1. The Labute approximate surface area is 62.2 Å². The number of aromatic nitrogens is 2. The lowest BCUT2D eigenvalue weighted by molar-refractivity contribution is -0.136. The largest absolute Gasteiger partial charge is 0.481 e. The number of carboxylic acid groups (broad SMARTS) is 1. The summed E-state index contributed by atoms with van der Waals surface area (Å²) < 4.78 is 0. The number of nitrogens with two attached hydrogens (primary N) is 2. The zero-order valence-electron chi connectivity index (χ0n) is 5.66. The number of hydrogen-bond acceptors (Lipinski definition) is 4. The van der Waals surface area contributed by atoms with E-state index in [1.807, 2.05) is 0 Å². The Bertz CT molecular complexity index is 261. The van der Waals surface area contributed by atoms with Crippen LogP contribution in [0.2, 0.25) is 0 Å². The Morgan fingerprint density at radius 3 is 2.64 bits per heavy atom. The molecule has 0 bridgehead atoms. The SMILES string of the molecule is Nc1n[nH]c(N)c1CC(=O)O. The van der Waals surface area contributed by atoms with Gasteiger partial charge in [0, 0.05) is 5.56 Å². The number of H-pyrrole nitrogens is 1. The highest BCUT2D eigenvalue weighted by Gasteiger charge is 2.10. The standard InChI is InChI=1S/C5H8N4O2/c6-4-2(1-3(10)11)5(7)9-8-4/h1H2,(H,10,11)(H5,6,7,8,9). The van der Waals surface area contributed by atoms with E-state index in [0.29, 0.717) is 5.56 Å². The van der Waals surface area contributed by atoms with Gasteiger partial charge in [-0.25, -0.2) is 0 Å². The molecule has 0 aliphatic rings. The lowest BCUT2D eigenvalue weighted by atomic mass is 10.2. The first kappa shape index (κ1) is 7.39. The molecule has 0 saturated carbocycles. The van der Waals surface area contributed by atoms with Gasteiger partial charge in [-0.3, -0.25) is 9.89 Å². The number of hydrogen-bond donors (Lipinski definition) is 4. The van der Waals surface area contributed by atoms with Crippen molar-refractivity contribution >= 4 is 17.6 Å². The number of aliphatic carboxylic acids is 1. The summed E-state index contributed by atoms with van der Waals surface area (Å²) in [4.78, 5) is 10.2. The number of rotatable bonds is 2. The van der Waals surface area contributed by atoms with Gasteiger partial charge in [0.05, 0.1) is 6.42 Å². The van der Waals surface area contributed by atoms with Gasteiger partial charge in [0.15, 0.2) is 5.82 Å². The number of nitrogens with zero attached hydrogens (tertiary/aromatic N) is 1. The summed E-state index contributed by atoms with van der Waals surface area (Å²) >= 11 is 0. The van der Waals surface area contributed by atoms with Gasteiger partial charge < -0.3 is 16.6 Å². The van der Waals surface area contributed by atoms with Crippen LogP contribution in [0.15, 0.2) is 0 Å². The van der Waals surface area contributed by atoms with Gasteiger partial charge in [-0.2, -0.15) is 5.10 Å². The maximum absolute atomic E-state index is 10.2. The van der Waals surface area contributed by atoms with Crippen LogP contribution in [-0.4, -0.2) is 21.3 Å². The molecular weight excluding hydrogens is 148 g/mol. The lowest BCUT2D eigenvalue weighted by Crippen LogP contribution is -2.04. The first-order chi connectivity index (χ1) is 5.11. The van der Waals surface area contributed by atoms with Crippen molar-refractivity contribution in [2.24, 2.45) is 0 Å². The highest BCUT2D eigenvalue weighted by atomic mass is 16.4. The quantitative estimate of drug-likeness (QED) is 0.447. The zero-order chi connectivity index (χ0) is 8.43. The van der Waals surface area contributed by atoms with Crippen LogP contribution in [0.4, 0.5) is 11.6 Å². The maximum Gasteiger partial charge on any atom is 0.308 e. The van der Waals surface area contributed by atoms with Gasteiger partial charge in [0.1, 0.15) is 5.82 Å². The summed E-state index contributed by atoms with van der Waals surface area (Å²) in [6.07, 6.45) is -0.200. The van der Waals surface area contributed by atoms with Crippen molar-refractivity contribution in [3.8, 4) is 0 Å². The second-order valence-electron chi connectivity index (χ2n) is 2.07. The second-order valence-corrected chi connectivity index (χ2v) is 2.07. The summed E-state index contributed by atoms with van der Waals surface area (Å²) in [6, 6.07) is 0. The molecule has 60 valence electrons. The topological polar surface area (TPSA) is 118 Å².